The molecular weight excluding hydrogens is 262 g/mol. The molecule has 2 rings (SSSR count). The Bertz CT molecular complexity index is 558. The van der Waals surface area contributed by atoms with Crippen LogP contribution in [0.1, 0.15) is 23.7 Å². The Labute approximate surface area is 115 Å². The highest BCUT2D eigenvalue weighted by atomic mass is 16.4. The minimum absolute atomic E-state index is 0.0231. The molecule has 0 aliphatic carbocycles. The summed E-state index contributed by atoms with van der Waals surface area (Å²) in [5.41, 5.74) is 0.123. The molecule has 2 heterocycles. The third kappa shape index (κ3) is 2.76. The predicted octanol–water partition coefficient (Wildman–Crippen LogP) is 0.587. The lowest BCUT2D eigenvalue weighted by Gasteiger charge is -2.14. The van der Waals surface area contributed by atoms with Gasteiger partial charge in [-0.25, -0.2) is 4.79 Å². The number of nitrogens with zero attached hydrogens (tertiary/aromatic N) is 2. The van der Waals surface area contributed by atoms with Crippen molar-refractivity contribution in [1.29, 1.82) is 0 Å². The molecule has 7 heteroatoms. The highest BCUT2D eigenvalue weighted by molar-refractivity contribution is 6.02. The van der Waals surface area contributed by atoms with E-state index in [1.54, 1.807) is 4.90 Å². The first-order chi connectivity index (χ1) is 9.52. The lowest BCUT2D eigenvalue weighted by Crippen LogP contribution is -2.28. The summed E-state index contributed by atoms with van der Waals surface area (Å²) in [7, 11) is 0. The van der Waals surface area contributed by atoms with Gasteiger partial charge in [0.25, 0.3) is 0 Å². The minimum atomic E-state index is -1.14. The molecule has 0 bridgehead atoms. The number of likely N-dealkylation sites (tertiary alicyclic amines) is 1. The van der Waals surface area contributed by atoms with Crippen molar-refractivity contribution in [2.24, 2.45) is 5.92 Å². The third-order valence-electron chi connectivity index (χ3n) is 3.28. The molecule has 2 amide bonds. The molecule has 20 heavy (non-hydrogen) atoms. The normalized spacial score (nSPS) is 18.1. The first kappa shape index (κ1) is 14.0. The second kappa shape index (κ2) is 5.68. The van der Waals surface area contributed by atoms with E-state index in [0.717, 1.165) is 0 Å². The highest BCUT2D eigenvalue weighted by Crippen LogP contribution is 2.21. The van der Waals surface area contributed by atoms with Gasteiger partial charge in [0.05, 0.1) is 23.4 Å². The van der Waals surface area contributed by atoms with Gasteiger partial charge in [0.2, 0.25) is 11.8 Å². The lowest BCUT2D eigenvalue weighted by atomic mass is 10.1. The molecular formula is C13H15N3O4. The molecule has 1 saturated heterocycles. The van der Waals surface area contributed by atoms with Gasteiger partial charge in [-0.2, -0.15) is 0 Å². The van der Waals surface area contributed by atoms with E-state index in [4.69, 9.17) is 5.11 Å². The molecule has 1 unspecified atom stereocenters. The Balaban J connectivity index is 2.10. The van der Waals surface area contributed by atoms with Crippen LogP contribution in [0.5, 0.6) is 0 Å². The van der Waals surface area contributed by atoms with E-state index in [0.29, 0.717) is 13.1 Å². The number of hydrogen-bond donors (Lipinski definition) is 2. The summed E-state index contributed by atoms with van der Waals surface area (Å²) in [6, 6.07) is 1.32. The zero-order valence-corrected chi connectivity index (χ0v) is 11.0. The van der Waals surface area contributed by atoms with Crippen LogP contribution in [0.25, 0.3) is 0 Å². The molecule has 1 aliphatic rings. The molecule has 0 saturated carbocycles. The minimum Gasteiger partial charge on any atom is -0.478 e. The smallest absolute Gasteiger partial charge is 0.337 e. The summed E-state index contributed by atoms with van der Waals surface area (Å²) in [6.07, 6.45) is 2.79. The SMILES string of the molecule is CCN1CC(C(=O)Nc2cnccc2C(=O)O)CC1=O. The van der Waals surface area contributed by atoms with Crippen LogP contribution in [0.3, 0.4) is 0 Å². The van der Waals surface area contributed by atoms with E-state index >= 15 is 0 Å². The molecule has 0 aromatic carbocycles. The van der Waals surface area contributed by atoms with Gasteiger partial charge in [-0.15, -0.1) is 0 Å². The van der Waals surface area contributed by atoms with Crippen molar-refractivity contribution in [3.8, 4) is 0 Å². The number of anilines is 1. The standard InChI is InChI=1S/C13H15N3O4/c1-2-16-7-8(5-11(16)17)12(18)15-10-6-14-4-3-9(10)13(19)20/h3-4,6,8H,2,5,7H2,1H3,(H,15,18)(H,19,20). The number of nitrogens with one attached hydrogen (secondary N) is 1. The number of pyridine rings is 1. The lowest BCUT2D eigenvalue weighted by molar-refractivity contribution is -0.128. The first-order valence-corrected chi connectivity index (χ1v) is 6.28. The maximum Gasteiger partial charge on any atom is 0.337 e. The maximum absolute atomic E-state index is 12.1. The zero-order chi connectivity index (χ0) is 14.7. The van der Waals surface area contributed by atoms with Crippen molar-refractivity contribution in [3.05, 3.63) is 24.0 Å². The Kier molecular flexibility index (Phi) is 3.97. The molecule has 7 nitrogen and oxygen atoms in total. The molecule has 0 radical (unpaired) electrons. The van der Waals surface area contributed by atoms with Gasteiger partial charge in [0, 0.05) is 25.7 Å². The topological polar surface area (TPSA) is 99.6 Å². The van der Waals surface area contributed by atoms with Crippen LogP contribution in [-0.4, -0.2) is 45.9 Å². The fraction of sp³-hybridized carbons (Fsp3) is 0.385. The molecule has 0 spiro atoms. The number of aromatic carboxylic acids is 1. The monoisotopic (exact) mass is 277 g/mol. The van der Waals surface area contributed by atoms with Crippen LogP contribution < -0.4 is 5.32 Å². The van der Waals surface area contributed by atoms with E-state index < -0.39 is 11.9 Å². The molecule has 106 valence electrons. The Hall–Kier alpha value is -2.44. The summed E-state index contributed by atoms with van der Waals surface area (Å²) in [5.74, 6) is -2.01. The van der Waals surface area contributed by atoms with Gasteiger partial charge in [-0.05, 0) is 13.0 Å². The van der Waals surface area contributed by atoms with Gasteiger partial charge >= 0.3 is 5.97 Å². The van der Waals surface area contributed by atoms with E-state index in [9.17, 15) is 14.4 Å². The van der Waals surface area contributed by atoms with Gasteiger partial charge in [-0.1, -0.05) is 0 Å². The highest BCUT2D eigenvalue weighted by Gasteiger charge is 2.33. The number of carbonyl (C=O) groups excluding carboxylic acids is 2. The van der Waals surface area contributed by atoms with E-state index in [-0.39, 0.29) is 29.5 Å². The molecule has 1 aromatic heterocycles. The summed E-state index contributed by atoms with van der Waals surface area (Å²) < 4.78 is 0. The Morgan fingerprint density at radius 1 is 1.55 bits per heavy atom. The summed E-state index contributed by atoms with van der Waals surface area (Å²) in [5, 5.41) is 11.6. The van der Waals surface area contributed by atoms with Crippen LogP contribution in [0.4, 0.5) is 5.69 Å². The van der Waals surface area contributed by atoms with E-state index in [1.807, 2.05) is 6.92 Å². The molecule has 2 N–H and O–H groups in total. The van der Waals surface area contributed by atoms with Gasteiger partial charge in [0.15, 0.2) is 0 Å². The van der Waals surface area contributed by atoms with Crippen LogP contribution in [0, 0.1) is 5.92 Å². The second-order valence-electron chi connectivity index (χ2n) is 4.55. The quantitative estimate of drug-likeness (QED) is 0.839. The number of carboxylic acid groups (broad SMARTS) is 1. The van der Waals surface area contributed by atoms with Crippen molar-refractivity contribution in [2.75, 3.05) is 18.4 Å². The summed E-state index contributed by atoms with van der Waals surface area (Å²) in [6.45, 7) is 2.78. The van der Waals surface area contributed by atoms with Crippen molar-refractivity contribution < 1.29 is 19.5 Å². The number of aromatic nitrogens is 1. The average molecular weight is 277 g/mol. The number of carbonyl (C=O) groups is 3. The number of amides is 2. The van der Waals surface area contributed by atoms with Crippen LogP contribution in [0.15, 0.2) is 18.5 Å². The van der Waals surface area contributed by atoms with Gasteiger partial charge in [-0.3, -0.25) is 14.6 Å². The van der Waals surface area contributed by atoms with Crippen LogP contribution >= 0.6 is 0 Å². The van der Waals surface area contributed by atoms with Crippen LogP contribution in [0.2, 0.25) is 0 Å². The van der Waals surface area contributed by atoms with Crippen molar-refractivity contribution >= 4 is 23.5 Å². The fourth-order valence-corrected chi connectivity index (χ4v) is 2.17. The molecule has 1 fully saturated rings. The second-order valence-corrected chi connectivity index (χ2v) is 4.55. The molecule has 1 aromatic rings. The molecule has 1 aliphatic heterocycles. The Morgan fingerprint density at radius 2 is 2.30 bits per heavy atom. The Morgan fingerprint density at radius 3 is 2.90 bits per heavy atom. The first-order valence-electron chi connectivity index (χ1n) is 6.28. The van der Waals surface area contributed by atoms with Crippen molar-refractivity contribution in [2.45, 2.75) is 13.3 Å². The predicted molar refractivity (Wildman–Crippen MR) is 70.2 cm³/mol. The number of hydrogen-bond acceptors (Lipinski definition) is 4. The van der Waals surface area contributed by atoms with Crippen LogP contribution in [-0.2, 0) is 9.59 Å². The molecule has 1 atom stereocenters. The fourth-order valence-electron chi connectivity index (χ4n) is 2.17. The summed E-state index contributed by atoms with van der Waals surface area (Å²) in [4.78, 5) is 40.1. The average Bonchev–Trinajstić information content (AvgIpc) is 2.80. The van der Waals surface area contributed by atoms with Gasteiger partial charge in [0.1, 0.15) is 0 Å². The van der Waals surface area contributed by atoms with E-state index in [1.165, 1.54) is 18.5 Å². The van der Waals surface area contributed by atoms with Crippen molar-refractivity contribution in [3.63, 3.8) is 0 Å². The van der Waals surface area contributed by atoms with E-state index in [2.05, 4.69) is 10.3 Å². The summed E-state index contributed by atoms with van der Waals surface area (Å²) >= 11 is 0. The third-order valence-corrected chi connectivity index (χ3v) is 3.28. The number of rotatable bonds is 4. The largest absolute Gasteiger partial charge is 0.478 e. The van der Waals surface area contributed by atoms with Crippen molar-refractivity contribution in [1.82, 2.24) is 9.88 Å². The maximum atomic E-state index is 12.1. The zero-order valence-electron chi connectivity index (χ0n) is 11.0. The number of carboxylic acids is 1. The van der Waals surface area contributed by atoms with Gasteiger partial charge < -0.3 is 15.3 Å².